The molecule has 6 nitrogen and oxygen atoms in total. The Bertz CT molecular complexity index is 614. The minimum Gasteiger partial charge on any atom is -0.394 e. The van der Waals surface area contributed by atoms with E-state index in [1.165, 1.54) is 0 Å². The predicted molar refractivity (Wildman–Crippen MR) is 108 cm³/mol. The quantitative estimate of drug-likeness (QED) is 0.423. The largest absolute Gasteiger partial charge is 0.394 e. The lowest BCUT2D eigenvalue weighted by Gasteiger charge is -2.30. The maximum Gasteiger partial charge on any atom is 0.250 e. The van der Waals surface area contributed by atoms with E-state index >= 15 is 0 Å². The molecule has 0 heterocycles. The summed E-state index contributed by atoms with van der Waals surface area (Å²) >= 11 is 0. The molecule has 0 unspecified atom stereocenters. The Morgan fingerprint density at radius 3 is 2.39 bits per heavy atom. The molecule has 3 N–H and O–H groups in total. The van der Waals surface area contributed by atoms with Gasteiger partial charge in [0.15, 0.2) is 0 Å². The number of nitrogens with zero attached hydrogens (tertiary/aromatic N) is 1. The second-order valence-electron chi connectivity index (χ2n) is 8.26. The third-order valence-corrected chi connectivity index (χ3v) is 5.50. The van der Waals surface area contributed by atoms with Crippen LogP contribution in [-0.2, 0) is 16.0 Å². The van der Waals surface area contributed by atoms with Crippen LogP contribution in [0.5, 0.6) is 0 Å². The number of nitrogens with one attached hydrogen (secondary N) is 1. The molecule has 156 valence electrons. The average molecular weight is 391 g/mol. The van der Waals surface area contributed by atoms with Gasteiger partial charge >= 0.3 is 0 Å². The van der Waals surface area contributed by atoms with Crippen molar-refractivity contribution in [2.45, 2.75) is 58.4 Å². The number of rotatable bonds is 10. The van der Waals surface area contributed by atoms with E-state index in [1.807, 2.05) is 44.2 Å². The molecule has 1 aromatic carbocycles. The van der Waals surface area contributed by atoms with Crippen LogP contribution in [-0.4, -0.2) is 46.4 Å². The number of hydrogen-bond acceptors (Lipinski definition) is 4. The SMILES string of the molecule is CC(C)CNC(=O)C[C@H](C(=O)N(O)[C@H](CO)Cc1ccccc1)C1CCCC1. The standard InChI is InChI=1S/C22H34N2O4/c1-16(2)14-23-21(26)13-20(18-10-6-7-11-18)22(27)24(28)19(15-25)12-17-8-4-3-5-9-17/h3-5,8-9,16,18-20,25,28H,6-7,10-15H2,1-2H3,(H,23,26)/t19-,20-/m0/s1. The molecule has 2 rings (SSSR count). The Hall–Kier alpha value is -1.92. The maximum atomic E-state index is 13.1. The Balaban J connectivity index is 2.07. The zero-order valence-electron chi connectivity index (χ0n) is 17.0. The van der Waals surface area contributed by atoms with Gasteiger partial charge in [0.1, 0.15) is 0 Å². The third-order valence-electron chi connectivity index (χ3n) is 5.50. The van der Waals surface area contributed by atoms with Crippen LogP contribution < -0.4 is 5.32 Å². The van der Waals surface area contributed by atoms with Gasteiger partial charge in [-0.2, -0.15) is 0 Å². The van der Waals surface area contributed by atoms with Crippen molar-refractivity contribution in [3.63, 3.8) is 0 Å². The van der Waals surface area contributed by atoms with Crippen molar-refractivity contribution in [3.8, 4) is 0 Å². The molecule has 0 bridgehead atoms. The Morgan fingerprint density at radius 1 is 1.18 bits per heavy atom. The summed E-state index contributed by atoms with van der Waals surface area (Å²) < 4.78 is 0. The molecule has 1 saturated carbocycles. The highest BCUT2D eigenvalue weighted by molar-refractivity contribution is 5.85. The average Bonchev–Trinajstić information content (AvgIpc) is 3.23. The molecule has 1 aromatic rings. The first kappa shape index (κ1) is 22.4. The first-order valence-electron chi connectivity index (χ1n) is 10.4. The van der Waals surface area contributed by atoms with Gasteiger partial charge in [-0.05, 0) is 36.7 Å². The van der Waals surface area contributed by atoms with Crippen molar-refractivity contribution in [3.05, 3.63) is 35.9 Å². The lowest BCUT2D eigenvalue weighted by atomic mass is 9.86. The smallest absolute Gasteiger partial charge is 0.250 e. The number of carbonyl (C=O) groups is 2. The van der Waals surface area contributed by atoms with E-state index < -0.39 is 17.9 Å². The molecule has 0 spiro atoms. The van der Waals surface area contributed by atoms with Gasteiger partial charge in [0.25, 0.3) is 0 Å². The van der Waals surface area contributed by atoms with Gasteiger partial charge in [-0.15, -0.1) is 0 Å². The first-order chi connectivity index (χ1) is 13.4. The summed E-state index contributed by atoms with van der Waals surface area (Å²) in [6.45, 7) is 4.27. The maximum absolute atomic E-state index is 13.1. The van der Waals surface area contributed by atoms with E-state index in [4.69, 9.17) is 0 Å². The lowest BCUT2D eigenvalue weighted by Crippen LogP contribution is -2.47. The summed E-state index contributed by atoms with van der Waals surface area (Å²) in [5, 5.41) is 23.9. The molecule has 2 amide bonds. The molecular formula is C22H34N2O4. The molecule has 1 aliphatic rings. The van der Waals surface area contributed by atoms with Gasteiger partial charge in [-0.25, -0.2) is 5.06 Å². The van der Waals surface area contributed by atoms with Crippen LogP contribution in [0.1, 0.15) is 51.5 Å². The monoisotopic (exact) mass is 390 g/mol. The Kier molecular flexibility index (Phi) is 8.93. The number of aliphatic hydroxyl groups is 1. The zero-order chi connectivity index (χ0) is 20.5. The van der Waals surface area contributed by atoms with Gasteiger partial charge in [0.05, 0.1) is 18.6 Å². The molecule has 1 fully saturated rings. The molecule has 0 saturated heterocycles. The fourth-order valence-corrected chi connectivity index (χ4v) is 3.87. The lowest BCUT2D eigenvalue weighted by molar-refractivity contribution is -0.186. The minimum atomic E-state index is -0.725. The molecule has 0 aromatic heterocycles. The number of amides is 2. The zero-order valence-corrected chi connectivity index (χ0v) is 17.0. The number of hydrogen-bond donors (Lipinski definition) is 3. The molecule has 0 radical (unpaired) electrons. The molecule has 28 heavy (non-hydrogen) atoms. The van der Waals surface area contributed by atoms with Gasteiger partial charge in [-0.1, -0.05) is 57.0 Å². The van der Waals surface area contributed by atoms with Gasteiger partial charge in [-0.3, -0.25) is 14.8 Å². The van der Waals surface area contributed by atoms with E-state index in [-0.39, 0.29) is 24.9 Å². The van der Waals surface area contributed by atoms with E-state index in [1.54, 1.807) is 0 Å². The number of hydroxylamine groups is 2. The van der Waals surface area contributed by atoms with Crippen LogP contribution in [0.3, 0.4) is 0 Å². The van der Waals surface area contributed by atoms with Crippen molar-refractivity contribution in [1.82, 2.24) is 10.4 Å². The van der Waals surface area contributed by atoms with Gasteiger partial charge in [0, 0.05) is 13.0 Å². The van der Waals surface area contributed by atoms with E-state index in [0.29, 0.717) is 23.9 Å². The normalized spacial score (nSPS) is 16.8. The molecule has 6 heteroatoms. The van der Waals surface area contributed by atoms with E-state index in [0.717, 1.165) is 31.2 Å². The Labute approximate surface area is 167 Å². The van der Waals surface area contributed by atoms with Crippen molar-refractivity contribution in [1.29, 1.82) is 0 Å². The van der Waals surface area contributed by atoms with E-state index in [9.17, 15) is 19.9 Å². The van der Waals surface area contributed by atoms with Crippen LogP contribution in [0, 0.1) is 17.8 Å². The highest BCUT2D eigenvalue weighted by Gasteiger charge is 2.37. The summed E-state index contributed by atoms with van der Waals surface area (Å²) in [5.74, 6) is -0.728. The van der Waals surface area contributed by atoms with Crippen molar-refractivity contribution in [2.24, 2.45) is 17.8 Å². The number of carbonyl (C=O) groups excluding carboxylic acids is 2. The van der Waals surface area contributed by atoms with Crippen LogP contribution >= 0.6 is 0 Å². The van der Waals surface area contributed by atoms with Crippen LogP contribution in [0.25, 0.3) is 0 Å². The number of aliphatic hydroxyl groups excluding tert-OH is 1. The number of benzene rings is 1. The highest BCUT2D eigenvalue weighted by Crippen LogP contribution is 2.34. The molecule has 1 aliphatic carbocycles. The summed E-state index contributed by atoms with van der Waals surface area (Å²) in [4.78, 5) is 25.4. The predicted octanol–water partition coefficient (Wildman–Crippen LogP) is 2.78. The molecule has 0 aliphatic heterocycles. The van der Waals surface area contributed by atoms with Crippen molar-refractivity contribution >= 4 is 11.8 Å². The van der Waals surface area contributed by atoms with Gasteiger partial charge < -0.3 is 10.4 Å². The van der Waals surface area contributed by atoms with Crippen LogP contribution in [0.4, 0.5) is 0 Å². The van der Waals surface area contributed by atoms with Crippen LogP contribution in [0.2, 0.25) is 0 Å². The van der Waals surface area contributed by atoms with Crippen LogP contribution in [0.15, 0.2) is 30.3 Å². The second-order valence-corrected chi connectivity index (χ2v) is 8.26. The highest BCUT2D eigenvalue weighted by atomic mass is 16.5. The topological polar surface area (TPSA) is 89.9 Å². The fourth-order valence-electron chi connectivity index (χ4n) is 3.87. The van der Waals surface area contributed by atoms with Gasteiger partial charge in [0.2, 0.25) is 11.8 Å². The third kappa shape index (κ3) is 6.60. The minimum absolute atomic E-state index is 0.0801. The Morgan fingerprint density at radius 2 is 1.82 bits per heavy atom. The summed E-state index contributed by atoms with van der Waals surface area (Å²) in [6, 6.07) is 8.73. The van der Waals surface area contributed by atoms with E-state index in [2.05, 4.69) is 5.32 Å². The summed E-state index contributed by atoms with van der Waals surface area (Å²) in [6.07, 6.45) is 4.31. The van der Waals surface area contributed by atoms with Crippen molar-refractivity contribution < 1.29 is 19.9 Å². The molecular weight excluding hydrogens is 356 g/mol. The second kappa shape index (κ2) is 11.2. The molecule has 2 atom stereocenters. The van der Waals surface area contributed by atoms with Crippen molar-refractivity contribution in [2.75, 3.05) is 13.2 Å². The first-order valence-corrected chi connectivity index (χ1v) is 10.4. The fraction of sp³-hybridized carbons (Fsp3) is 0.636. The summed E-state index contributed by atoms with van der Waals surface area (Å²) in [5.41, 5.74) is 0.931. The summed E-state index contributed by atoms with van der Waals surface area (Å²) in [7, 11) is 0.